The second-order valence-electron chi connectivity index (χ2n) is 7.53. The van der Waals surface area contributed by atoms with Gasteiger partial charge in [0.2, 0.25) is 11.2 Å². The Morgan fingerprint density at radius 3 is 2.54 bits per heavy atom. The molecule has 2 N–H and O–H groups in total. The molecule has 0 saturated heterocycles. The molecule has 0 aliphatic heterocycles. The van der Waals surface area contributed by atoms with E-state index < -0.39 is 0 Å². The standard InChI is InChI=1S/C23H27NO4/c1-5-6-9-24(4)13-19-20(25)8-7-18-22(26)21(14-27-23(18)19)28-17-11-15(2)10-16(3)12-17/h7-8,10-12,14,25H,5-6,9,13H2,1-4H3/p+1. The van der Waals surface area contributed by atoms with Gasteiger partial charge >= 0.3 is 0 Å². The van der Waals surface area contributed by atoms with Gasteiger partial charge in [-0.15, -0.1) is 0 Å². The zero-order chi connectivity index (χ0) is 20.3. The molecule has 0 bridgehead atoms. The summed E-state index contributed by atoms with van der Waals surface area (Å²) in [7, 11) is 2.07. The molecule has 0 amide bonds. The minimum Gasteiger partial charge on any atom is -0.507 e. The Balaban J connectivity index is 1.97. The lowest BCUT2D eigenvalue weighted by Gasteiger charge is -2.15. The molecule has 28 heavy (non-hydrogen) atoms. The first-order valence-electron chi connectivity index (χ1n) is 9.72. The van der Waals surface area contributed by atoms with E-state index in [4.69, 9.17) is 9.15 Å². The highest BCUT2D eigenvalue weighted by Crippen LogP contribution is 2.28. The fourth-order valence-corrected chi connectivity index (χ4v) is 3.46. The highest BCUT2D eigenvalue weighted by atomic mass is 16.5. The summed E-state index contributed by atoms with van der Waals surface area (Å²) in [5.41, 5.74) is 2.96. The summed E-state index contributed by atoms with van der Waals surface area (Å²) >= 11 is 0. The van der Waals surface area contributed by atoms with Crippen LogP contribution in [0.3, 0.4) is 0 Å². The maximum absolute atomic E-state index is 13.0. The number of rotatable bonds is 7. The third kappa shape index (κ3) is 4.37. The molecule has 0 spiro atoms. The number of phenolic OH excluding ortho intramolecular Hbond substituents is 1. The van der Waals surface area contributed by atoms with E-state index in [1.54, 1.807) is 12.1 Å². The Kier molecular flexibility index (Phi) is 6.05. The summed E-state index contributed by atoms with van der Waals surface area (Å²) in [4.78, 5) is 14.2. The molecule has 3 aromatic rings. The smallest absolute Gasteiger partial charge is 0.235 e. The monoisotopic (exact) mass is 382 g/mol. The topological polar surface area (TPSA) is 64.1 Å². The van der Waals surface area contributed by atoms with Gasteiger partial charge in [0.05, 0.1) is 24.5 Å². The lowest BCUT2D eigenvalue weighted by atomic mass is 10.1. The van der Waals surface area contributed by atoms with Crippen molar-refractivity contribution in [1.82, 2.24) is 0 Å². The third-order valence-electron chi connectivity index (χ3n) is 4.85. The number of phenols is 1. The average Bonchev–Trinajstić information content (AvgIpc) is 2.63. The summed E-state index contributed by atoms with van der Waals surface area (Å²) < 4.78 is 11.6. The van der Waals surface area contributed by atoms with Gasteiger partial charge < -0.3 is 19.2 Å². The average molecular weight is 382 g/mol. The van der Waals surface area contributed by atoms with Crippen LogP contribution in [0.1, 0.15) is 36.5 Å². The first-order valence-corrected chi connectivity index (χ1v) is 9.72. The molecule has 0 radical (unpaired) electrons. The van der Waals surface area contributed by atoms with Gasteiger partial charge in [-0.3, -0.25) is 4.79 Å². The van der Waals surface area contributed by atoms with Crippen molar-refractivity contribution in [2.24, 2.45) is 0 Å². The van der Waals surface area contributed by atoms with Gasteiger partial charge in [-0.1, -0.05) is 19.4 Å². The van der Waals surface area contributed by atoms with Crippen molar-refractivity contribution in [2.45, 2.75) is 40.2 Å². The third-order valence-corrected chi connectivity index (χ3v) is 4.85. The Bertz CT molecular complexity index is 1020. The summed E-state index contributed by atoms with van der Waals surface area (Å²) in [6.45, 7) is 7.69. The molecule has 5 nitrogen and oxygen atoms in total. The summed E-state index contributed by atoms with van der Waals surface area (Å²) in [5, 5.41) is 10.7. The molecule has 1 unspecified atom stereocenters. The molecule has 1 atom stereocenters. The molecular weight excluding hydrogens is 354 g/mol. The number of quaternary nitrogens is 1. The number of fused-ring (bicyclic) bond motifs is 1. The number of ether oxygens (including phenoxy) is 1. The van der Waals surface area contributed by atoms with Crippen LogP contribution in [0, 0.1) is 13.8 Å². The van der Waals surface area contributed by atoms with Crippen LogP contribution in [0.25, 0.3) is 11.0 Å². The van der Waals surface area contributed by atoms with E-state index in [0.29, 0.717) is 28.8 Å². The van der Waals surface area contributed by atoms with Crippen LogP contribution in [-0.4, -0.2) is 18.7 Å². The van der Waals surface area contributed by atoms with E-state index >= 15 is 0 Å². The van der Waals surface area contributed by atoms with Crippen LogP contribution in [0.2, 0.25) is 0 Å². The summed E-state index contributed by atoms with van der Waals surface area (Å²) in [6.07, 6.45) is 3.56. The van der Waals surface area contributed by atoms with Crippen molar-refractivity contribution in [2.75, 3.05) is 13.6 Å². The van der Waals surface area contributed by atoms with Gasteiger partial charge in [-0.05, 0) is 55.7 Å². The minimum absolute atomic E-state index is 0.140. The number of unbranched alkanes of at least 4 members (excludes halogenated alkanes) is 1. The zero-order valence-electron chi connectivity index (χ0n) is 17.0. The second-order valence-corrected chi connectivity index (χ2v) is 7.53. The van der Waals surface area contributed by atoms with E-state index in [9.17, 15) is 9.90 Å². The Morgan fingerprint density at radius 1 is 1.14 bits per heavy atom. The summed E-state index contributed by atoms with van der Waals surface area (Å²) in [6, 6.07) is 8.95. The fraction of sp³-hybridized carbons (Fsp3) is 0.348. The molecule has 1 heterocycles. The van der Waals surface area contributed by atoms with E-state index in [2.05, 4.69) is 14.0 Å². The van der Waals surface area contributed by atoms with Crippen LogP contribution < -0.4 is 15.1 Å². The molecule has 3 rings (SSSR count). The van der Waals surface area contributed by atoms with Crippen LogP contribution in [-0.2, 0) is 6.54 Å². The van der Waals surface area contributed by atoms with Crippen LogP contribution in [0.4, 0.5) is 0 Å². The first kappa shape index (κ1) is 20.0. The second kappa shape index (κ2) is 8.48. The van der Waals surface area contributed by atoms with E-state index in [0.717, 1.165) is 30.5 Å². The number of benzene rings is 2. The van der Waals surface area contributed by atoms with Crippen LogP contribution in [0.15, 0.2) is 45.8 Å². The van der Waals surface area contributed by atoms with Gasteiger partial charge in [0.25, 0.3) is 0 Å². The number of hydrogen-bond acceptors (Lipinski definition) is 4. The van der Waals surface area contributed by atoms with Crippen molar-refractivity contribution in [3.63, 3.8) is 0 Å². The van der Waals surface area contributed by atoms with Crippen molar-refractivity contribution >= 4 is 11.0 Å². The van der Waals surface area contributed by atoms with Gasteiger partial charge in [-0.25, -0.2) is 0 Å². The molecule has 148 valence electrons. The molecule has 1 aromatic heterocycles. The van der Waals surface area contributed by atoms with E-state index in [1.807, 2.05) is 32.0 Å². The van der Waals surface area contributed by atoms with Crippen molar-refractivity contribution in [3.8, 4) is 17.2 Å². The number of hydrogen-bond donors (Lipinski definition) is 2. The zero-order valence-corrected chi connectivity index (χ0v) is 17.0. The maximum Gasteiger partial charge on any atom is 0.235 e. The molecule has 0 aliphatic carbocycles. The largest absolute Gasteiger partial charge is 0.507 e. The summed E-state index contributed by atoms with van der Waals surface area (Å²) in [5.74, 6) is 0.891. The van der Waals surface area contributed by atoms with Gasteiger partial charge in [-0.2, -0.15) is 0 Å². The van der Waals surface area contributed by atoms with Crippen molar-refractivity contribution in [1.29, 1.82) is 0 Å². The molecule has 5 heteroatoms. The van der Waals surface area contributed by atoms with Gasteiger partial charge in [0.1, 0.15) is 24.3 Å². The minimum atomic E-state index is -0.243. The molecule has 2 aromatic carbocycles. The fourth-order valence-electron chi connectivity index (χ4n) is 3.46. The van der Waals surface area contributed by atoms with E-state index in [-0.39, 0.29) is 16.9 Å². The predicted molar refractivity (Wildman–Crippen MR) is 111 cm³/mol. The number of aromatic hydroxyl groups is 1. The Labute approximate surface area is 165 Å². The molecule has 0 fully saturated rings. The Hall–Kier alpha value is -2.79. The molecule has 0 aliphatic rings. The number of aryl methyl sites for hydroxylation is 2. The van der Waals surface area contributed by atoms with Crippen LogP contribution >= 0.6 is 0 Å². The maximum atomic E-state index is 13.0. The highest BCUT2D eigenvalue weighted by molar-refractivity contribution is 5.82. The van der Waals surface area contributed by atoms with Gasteiger partial charge in [0, 0.05) is 0 Å². The number of nitrogens with one attached hydrogen (secondary N) is 1. The van der Waals surface area contributed by atoms with Crippen molar-refractivity contribution in [3.05, 3.63) is 63.5 Å². The predicted octanol–water partition coefficient (Wildman–Crippen LogP) is 3.72. The molecule has 0 saturated carbocycles. The van der Waals surface area contributed by atoms with Crippen LogP contribution in [0.5, 0.6) is 17.2 Å². The van der Waals surface area contributed by atoms with E-state index in [1.165, 1.54) is 11.2 Å². The van der Waals surface area contributed by atoms with Crippen molar-refractivity contribution < 1.29 is 19.2 Å². The van der Waals surface area contributed by atoms with Gasteiger partial charge in [0.15, 0.2) is 5.58 Å². The Morgan fingerprint density at radius 2 is 1.86 bits per heavy atom. The lowest BCUT2D eigenvalue weighted by Crippen LogP contribution is -3.07. The normalized spacial score (nSPS) is 12.3. The molecular formula is C23H28NO4+. The lowest BCUT2D eigenvalue weighted by molar-refractivity contribution is -0.893. The first-order chi connectivity index (χ1) is 13.4. The highest BCUT2D eigenvalue weighted by Gasteiger charge is 2.18. The SMILES string of the molecule is CCCC[NH+](C)Cc1c(O)ccc2c(=O)c(Oc3cc(C)cc(C)c3)coc12. The quantitative estimate of drug-likeness (QED) is 0.654.